The molecule has 1 saturated heterocycles. The van der Waals surface area contributed by atoms with Gasteiger partial charge >= 0.3 is 0 Å². The number of hydrogen-bond donors (Lipinski definition) is 2. The number of nitrogens with zero attached hydrogens (tertiary/aromatic N) is 1. The van der Waals surface area contributed by atoms with Crippen LogP contribution in [0.25, 0.3) is 0 Å². The first kappa shape index (κ1) is 16.4. The maximum atomic E-state index is 14.2. The molecule has 2 N–H and O–H groups in total. The van der Waals surface area contributed by atoms with E-state index in [0.29, 0.717) is 5.69 Å². The van der Waals surface area contributed by atoms with Crippen LogP contribution >= 0.6 is 0 Å². The summed E-state index contributed by atoms with van der Waals surface area (Å²) in [4.78, 5) is 14.0. The third-order valence-corrected chi connectivity index (χ3v) is 3.57. The topological polar surface area (TPSA) is 44.4 Å². The van der Waals surface area contributed by atoms with E-state index >= 15 is 0 Å². The Kier molecular flexibility index (Phi) is 5.49. The molecule has 1 unspecified atom stereocenters. The Bertz CT molecular complexity index is 556. The molecule has 0 aromatic heterocycles. The van der Waals surface area contributed by atoms with Gasteiger partial charge < -0.3 is 15.5 Å². The standard InChI is InChI=1S/C16H21F2N3O/c1-11(17)9-12(2)20-16(22)13-3-4-15(14(18)10-13)21-7-5-19-6-8-21/h3-4,10,12,19H,1,5-9H2,2H3,(H,20,22). The number of benzene rings is 1. The van der Waals surface area contributed by atoms with E-state index in [4.69, 9.17) is 0 Å². The Labute approximate surface area is 129 Å². The maximum absolute atomic E-state index is 14.2. The Balaban J connectivity index is 2.04. The summed E-state index contributed by atoms with van der Waals surface area (Å²) in [5.41, 5.74) is 0.732. The molecule has 0 spiro atoms. The van der Waals surface area contributed by atoms with Gasteiger partial charge in [-0.3, -0.25) is 4.79 Å². The minimum absolute atomic E-state index is 0.0487. The second-order valence-electron chi connectivity index (χ2n) is 5.50. The number of rotatable bonds is 5. The van der Waals surface area contributed by atoms with Gasteiger partial charge in [0.15, 0.2) is 0 Å². The molecule has 1 aliphatic heterocycles. The quantitative estimate of drug-likeness (QED) is 0.876. The van der Waals surface area contributed by atoms with Crippen molar-refractivity contribution in [1.82, 2.24) is 10.6 Å². The molecular formula is C16H21F2N3O. The molecule has 1 aliphatic rings. The molecule has 0 radical (unpaired) electrons. The third kappa shape index (κ3) is 4.27. The van der Waals surface area contributed by atoms with Gasteiger partial charge in [-0.05, 0) is 25.1 Å². The van der Waals surface area contributed by atoms with Crippen molar-refractivity contribution < 1.29 is 13.6 Å². The molecule has 1 amide bonds. The molecule has 120 valence electrons. The zero-order valence-electron chi connectivity index (χ0n) is 12.7. The molecule has 2 rings (SSSR count). The largest absolute Gasteiger partial charge is 0.367 e. The van der Waals surface area contributed by atoms with Crippen molar-refractivity contribution in [2.24, 2.45) is 0 Å². The van der Waals surface area contributed by atoms with E-state index in [1.165, 1.54) is 6.07 Å². The lowest BCUT2D eigenvalue weighted by Crippen LogP contribution is -2.43. The molecule has 22 heavy (non-hydrogen) atoms. The summed E-state index contributed by atoms with van der Waals surface area (Å²) in [6.45, 7) is 7.93. The lowest BCUT2D eigenvalue weighted by atomic mass is 10.1. The van der Waals surface area contributed by atoms with Crippen LogP contribution in [0.2, 0.25) is 0 Å². The molecule has 1 aromatic carbocycles. The van der Waals surface area contributed by atoms with Crippen molar-refractivity contribution in [3.05, 3.63) is 42.0 Å². The van der Waals surface area contributed by atoms with E-state index in [2.05, 4.69) is 17.2 Å². The summed E-state index contributed by atoms with van der Waals surface area (Å²) in [6.07, 6.45) is 0.0487. The lowest BCUT2D eigenvalue weighted by Gasteiger charge is -2.29. The summed E-state index contributed by atoms with van der Waals surface area (Å²) in [5, 5.41) is 5.83. The van der Waals surface area contributed by atoms with Gasteiger partial charge in [0.1, 0.15) is 5.82 Å². The van der Waals surface area contributed by atoms with E-state index in [0.717, 1.165) is 26.2 Å². The van der Waals surface area contributed by atoms with E-state index in [1.54, 1.807) is 19.1 Å². The highest BCUT2D eigenvalue weighted by molar-refractivity contribution is 5.94. The minimum atomic E-state index is -0.493. The first-order chi connectivity index (χ1) is 10.5. The fourth-order valence-electron chi connectivity index (χ4n) is 2.50. The van der Waals surface area contributed by atoms with E-state index in [-0.39, 0.29) is 18.0 Å². The maximum Gasteiger partial charge on any atom is 0.251 e. The molecule has 4 nitrogen and oxygen atoms in total. The van der Waals surface area contributed by atoms with Gasteiger partial charge in [-0.2, -0.15) is 0 Å². The fourth-order valence-corrected chi connectivity index (χ4v) is 2.50. The van der Waals surface area contributed by atoms with Crippen molar-refractivity contribution in [3.63, 3.8) is 0 Å². The lowest BCUT2D eigenvalue weighted by molar-refractivity contribution is 0.0939. The average Bonchev–Trinajstić information content (AvgIpc) is 2.47. The van der Waals surface area contributed by atoms with E-state index < -0.39 is 17.6 Å². The highest BCUT2D eigenvalue weighted by Crippen LogP contribution is 2.21. The van der Waals surface area contributed by atoms with Crippen molar-refractivity contribution in [2.45, 2.75) is 19.4 Å². The SMILES string of the molecule is C=C(F)CC(C)NC(=O)c1ccc(N2CCNCC2)c(F)c1. The normalized spacial score (nSPS) is 16.2. The van der Waals surface area contributed by atoms with Crippen LogP contribution in [0.5, 0.6) is 0 Å². The molecule has 1 atom stereocenters. The van der Waals surface area contributed by atoms with Crippen LogP contribution in [-0.4, -0.2) is 38.1 Å². The highest BCUT2D eigenvalue weighted by Gasteiger charge is 2.17. The molecule has 0 aliphatic carbocycles. The first-order valence-electron chi connectivity index (χ1n) is 7.36. The molecule has 1 aromatic rings. The Hall–Kier alpha value is -1.95. The van der Waals surface area contributed by atoms with Crippen molar-refractivity contribution in [1.29, 1.82) is 0 Å². The molecular weight excluding hydrogens is 288 g/mol. The predicted molar refractivity (Wildman–Crippen MR) is 83.3 cm³/mol. The number of halogens is 2. The number of anilines is 1. The van der Waals surface area contributed by atoms with Gasteiger partial charge in [-0.15, -0.1) is 0 Å². The van der Waals surface area contributed by atoms with E-state index in [9.17, 15) is 13.6 Å². The Morgan fingerprint density at radius 3 is 2.73 bits per heavy atom. The molecule has 1 fully saturated rings. The fraction of sp³-hybridized carbons (Fsp3) is 0.438. The van der Waals surface area contributed by atoms with Gasteiger partial charge in [0, 0.05) is 44.2 Å². The van der Waals surface area contributed by atoms with Crippen molar-refractivity contribution >= 4 is 11.6 Å². The number of carbonyl (C=O) groups excluding carboxylic acids is 1. The van der Waals surface area contributed by atoms with Gasteiger partial charge in [0.05, 0.1) is 11.5 Å². The van der Waals surface area contributed by atoms with Gasteiger partial charge in [0.25, 0.3) is 5.91 Å². The Morgan fingerprint density at radius 2 is 2.14 bits per heavy atom. The molecule has 0 saturated carbocycles. The summed E-state index contributed by atoms with van der Waals surface area (Å²) in [5.74, 6) is -1.33. The van der Waals surface area contributed by atoms with Gasteiger partial charge in [-0.25, -0.2) is 8.78 Å². The number of nitrogens with one attached hydrogen (secondary N) is 2. The smallest absolute Gasteiger partial charge is 0.251 e. The summed E-state index contributed by atoms with van der Waals surface area (Å²) >= 11 is 0. The minimum Gasteiger partial charge on any atom is -0.367 e. The zero-order chi connectivity index (χ0) is 16.1. The van der Waals surface area contributed by atoms with E-state index in [1.807, 2.05) is 4.90 Å². The first-order valence-corrected chi connectivity index (χ1v) is 7.36. The van der Waals surface area contributed by atoms with Gasteiger partial charge in [-0.1, -0.05) is 6.58 Å². The Morgan fingerprint density at radius 1 is 1.45 bits per heavy atom. The van der Waals surface area contributed by atoms with Crippen LogP contribution in [0.3, 0.4) is 0 Å². The van der Waals surface area contributed by atoms with Gasteiger partial charge in [0.2, 0.25) is 0 Å². The predicted octanol–water partition coefficient (Wildman–Crippen LogP) is 2.23. The second kappa shape index (κ2) is 7.35. The summed E-state index contributed by atoms with van der Waals surface area (Å²) in [7, 11) is 0. The van der Waals surface area contributed by atoms with Crippen LogP contribution in [-0.2, 0) is 0 Å². The van der Waals surface area contributed by atoms with Crippen molar-refractivity contribution in [2.75, 3.05) is 31.1 Å². The highest BCUT2D eigenvalue weighted by atomic mass is 19.1. The summed E-state index contributed by atoms with van der Waals surface area (Å²) in [6, 6.07) is 4.05. The number of piperazine rings is 1. The third-order valence-electron chi connectivity index (χ3n) is 3.57. The number of carbonyl (C=O) groups is 1. The number of amides is 1. The number of hydrogen-bond acceptors (Lipinski definition) is 3. The second-order valence-corrected chi connectivity index (χ2v) is 5.50. The van der Waals surface area contributed by atoms with Crippen LogP contribution < -0.4 is 15.5 Å². The summed E-state index contributed by atoms with van der Waals surface area (Å²) < 4.78 is 26.9. The van der Waals surface area contributed by atoms with Crippen LogP contribution in [0.4, 0.5) is 14.5 Å². The average molecular weight is 309 g/mol. The zero-order valence-corrected chi connectivity index (χ0v) is 12.7. The van der Waals surface area contributed by atoms with Crippen LogP contribution in [0.15, 0.2) is 30.6 Å². The van der Waals surface area contributed by atoms with Crippen LogP contribution in [0.1, 0.15) is 23.7 Å². The molecule has 0 bridgehead atoms. The van der Waals surface area contributed by atoms with Crippen molar-refractivity contribution in [3.8, 4) is 0 Å². The molecule has 1 heterocycles. The van der Waals surface area contributed by atoms with Crippen LogP contribution in [0, 0.1) is 5.82 Å². The monoisotopic (exact) mass is 309 g/mol. The molecule has 6 heteroatoms.